The second kappa shape index (κ2) is 8.28. The smallest absolute Gasteiger partial charge is 0.175 e. The first-order chi connectivity index (χ1) is 13.9. The summed E-state index contributed by atoms with van der Waals surface area (Å²) in [7, 11) is -3.19. The molecule has 0 bridgehead atoms. The Morgan fingerprint density at radius 2 is 1.90 bits per heavy atom. The summed E-state index contributed by atoms with van der Waals surface area (Å²) in [6, 6.07) is 14.7. The van der Waals surface area contributed by atoms with Crippen LogP contribution >= 0.6 is 11.6 Å². The van der Waals surface area contributed by atoms with Crippen LogP contribution in [0.2, 0.25) is 5.02 Å². The van der Waals surface area contributed by atoms with Crippen LogP contribution in [0.5, 0.6) is 0 Å². The molecule has 0 radical (unpaired) electrons. The van der Waals surface area contributed by atoms with Crippen molar-refractivity contribution in [2.45, 2.75) is 17.5 Å². The van der Waals surface area contributed by atoms with Crippen molar-refractivity contribution in [1.82, 2.24) is 14.9 Å². The zero-order valence-corrected chi connectivity index (χ0v) is 17.6. The van der Waals surface area contributed by atoms with Gasteiger partial charge in [0.05, 0.1) is 36.0 Å². The van der Waals surface area contributed by atoms with E-state index >= 15 is 0 Å². The molecule has 1 aliphatic rings. The Hall–Kier alpha value is -2.19. The minimum atomic E-state index is -3.19. The number of aromatic nitrogens is 2. The molecule has 2 heterocycles. The van der Waals surface area contributed by atoms with E-state index in [2.05, 4.69) is 14.9 Å². The molecule has 29 heavy (non-hydrogen) atoms. The highest BCUT2D eigenvalue weighted by Gasteiger charge is 2.27. The first kappa shape index (κ1) is 20.1. The van der Waals surface area contributed by atoms with Crippen molar-refractivity contribution in [1.29, 1.82) is 0 Å². The minimum absolute atomic E-state index is 0.000570. The van der Waals surface area contributed by atoms with Gasteiger partial charge in [-0.3, -0.25) is 4.90 Å². The summed E-state index contributed by atoms with van der Waals surface area (Å²) in [4.78, 5) is 10.6. The van der Waals surface area contributed by atoms with Crippen molar-refractivity contribution in [3.8, 4) is 11.3 Å². The van der Waals surface area contributed by atoms with E-state index in [4.69, 9.17) is 16.3 Å². The second-order valence-corrected chi connectivity index (χ2v) is 9.62. The maximum absolute atomic E-state index is 11.7. The number of benzene rings is 2. The quantitative estimate of drug-likeness (QED) is 0.666. The predicted octanol–water partition coefficient (Wildman–Crippen LogP) is 3.71. The van der Waals surface area contributed by atoms with Gasteiger partial charge >= 0.3 is 0 Å². The van der Waals surface area contributed by atoms with Gasteiger partial charge in [-0.15, -0.1) is 0 Å². The van der Waals surface area contributed by atoms with E-state index in [1.165, 1.54) is 6.26 Å². The molecule has 0 spiro atoms. The third kappa shape index (κ3) is 4.70. The fourth-order valence-corrected chi connectivity index (χ4v) is 4.19. The molecule has 2 aromatic carbocycles. The zero-order chi connectivity index (χ0) is 20.4. The Kier molecular flexibility index (Phi) is 5.74. The van der Waals surface area contributed by atoms with Crippen molar-refractivity contribution in [3.63, 3.8) is 0 Å². The Morgan fingerprint density at radius 3 is 2.59 bits per heavy atom. The predicted molar refractivity (Wildman–Crippen MR) is 113 cm³/mol. The van der Waals surface area contributed by atoms with Crippen molar-refractivity contribution >= 4 is 21.4 Å². The summed E-state index contributed by atoms with van der Waals surface area (Å²) in [6.07, 6.45) is 3.04. The standard InChI is InChI=1S/C21H22ClN3O3S/c1-29(26,27)18-8-2-15(3-9-18)13-25-10-11-28-14-20(25)21-23-12-19(24-21)16-4-6-17(22)7-5-16/h2-9,12,20H,10-11,13-14H2,1H3,(H,23,24). The second-order valence-electron chi connectivity index (χ2n) is 7.17. The molecule has 1 atom stereocenters. The largest absolute Gasteiger partial charge is 0.378 e. The van der Waals surface area contributed by atoms with Crippen molar-refractivity contribution < 1.29 is 13.2 Å². The lowest BCUT2D eigenvalue weighted by atomic mass is 10.1. The Balaban J connectivity index is 1.53. The molecule has 3 aromatic rings. The van der Waals surface area contributed by atoms with Gasteiger partial charge in [-0.2, -0.15) is 0 Å². The molecule has 8 heteroatoms. The number of H-pyrrole nitrogens is 1. The summed E-state index contributed by atoms with van der Waals surface area (Å²) in [6.45, 7) is 2.67. The minimum Gasteiger partial charge on any atom is -0.378 e. The van der Waals surface area contributed by atoms with Crippen molar-refractivity contribution in [2.75, 3.05) is 26.0 Å². The molecule has 1 aromatic heterocycles. The van der Waals surface area contributed by atoms with Crippen LogP contribution in [0.4, 0.5) is 0 Å². The number of halogens is 1. The van der Waals surface area contributed by atoms with E-state index < -0.39 is 9.84 Å². The molecule has 4 rings (SSSR count). The van der Waals surface area contributed by atoms with Gasteiger partial charge in [0.1, 0.15) is 5.82 Å². The number of nitrogens with one attached hydrogen (secondary N) is 1. The SMILES string of the molecule is CS(=O)(=O)c1ccc(CN2CCOCC2c2ncc(-c3ccc(Cl)cc3)[nH]2)cc1. The molecule has 1 saturated heterocycles. The number of sulfone groups is 1. The van der Waals surface area contributed by atoms with Crippen LogP contribution < -0.4 is 0 Å². The van der Waals surface area contributed by atoms with Gasteiger partial charge in [0.15, 0.2) is 9.84 Å². The van der Waals surface area contributed by atoms with Crippen LogP contribution in [0, 0.1) is 0 Å². The first-order valence-electron chi connectivity index (χ1n) is 9.32. The van der Waals surface area contributed by atoms with E-state index in [1.54, 1.807) is 12.1 Å². The average Bonchev–Trinajstić information content (AvgIpc) is 3.19. The lowest BCUT2D eigenvalue weighted by Crippen LogP contribution is -2.39. The van der Waals surface area contributed by atoms with Gasteiger partial charge in [-0.05, 0) is 35.4 Å². The van der Waals surface area contributed by atoms with Crippen LogP contribution in [0.15, 0.2) is 59.6 Å². The van der Waals surface area contributed by atoms with E-state index in [-0.39, 0.29) is 6.04 Å². The van der Waals surface area contributed by atoms with Crippen LogP contribution in [0.25, 0.3) is 11.3 Å². The fourth-order valence-electron chi connectivity index (χ4n) is 3.44. The van der Waals surface area contributed by atoms with Crippen LogP contribution in [-0.4, -0.2) is 49.3 Å². The summed E-state index contributed by atoms with van der Waals surface area (Å²) in [5, 5.41) is 0.697. The van der Waals surface area contributed by atoms with Gasteiger partial charge in [-0.1, -0.05) is 35.9 Å². The molecule has 152 valence electrons. The Bertz CT molecular complexity index is 1080. The fraction of sp³-hybridized carbons (Fsp3) is 0.286. The summed E-state index contributed by atoms with van der Waals surface area (Å²) >= 11 is 5.97. The highest BCUT2D eigenvalue weighted by atomic mass is 35.5. The summed E-state index contributed by atoms with van der Waals surface area (Å²) in [5.74, 6) is 0.849. The van der Waals surface area contributed by atoms with Crippen molar-refractivity contribution in [3.05, 3.63) is 71.1 Å². The van der Waals surface area contributed by atoms with Gasteiger partial charge in [-0.25, -0.2) is 13.4 Å². The third-order valence-electron chi connectivity index (χ3n) is 5.04. The first-order valence-corrected chi connectivity index (χ1v) is 11.6. The molecule has 6 nitrogen and oxygen atoms in total. The summed E-state index contributed by atoms with van der Waals surface area (Å²) in [5.41, 5.74) is 3.00. The molecule has 1 fully saturated rings. The molecule has 0 saturated carbocycles. The maximum atomic E-state index is 11.7. The Morgan fingerprint density at radius 1 is 1.17 bits per heavy atom. The van der Waals surface area contributed by atoms with Crippen LogP contribution in [-0.2, 0) is 21.1 Å². The van der Waals surface area contributed by atoms with E-state index in [0.717, 1.165) is 29.2 Å². The number of nitrogens with zero attached hydrogens (tertiary/aromatic N) is 2. The van der Waals surface area contributed by atoms with Gasteiger partial charge in [0.25, 0.3) is 0 Å². The topological polar surface area (TPSA) is 75.3 Å². The van der Waals surface area contributed by atoms with E-state index in [0.29, 0.717) is 29.7 Å². The normalized spacial score (nSPS) is 18.1. The monoisotopic (exact) mass is 431 g/mol. The highest BCUT2D eigenvalue weighted by Crippen LogP contribution is 2.27. The average molecular weight is 432 g/mol. The molecule has 1 N–H and O–H groups in total. The van der Waals surface area contributed by atoms with E-state index in [1.807, 2.05) is 42.6 Å². The molecular weight excluding hydrogens is 410 g/mol. The van der Waals surface area contributed by atoms with Crippen LogP contribution in [0.1, 0.15) is 17.4 Å². The number of imidazole rings is 1. The van der Waals surface area contributed by atoms with Gasteiger partial charge < -0.3 is 9.72 Å². The molecule has 1 unspecified atom stereocenters. The molecule has 0 amide bonds. The number of aromatic amines is 1. The number of hydrogen-bond acceptors (Lipinski definition) is 5. The number of hydrogen-bond donors (Lipinski definition) is 1. The van der Waals surface area contributed by atoms with Crippen LogP contribution in [0.3, 0.4) is 0 Å². The summed E-state index contributed by atoms with van der Waals surface area (Å²) < 4.78 is 29.0. The lowest BCUT2D eigenvalue weighted by Gasteiger charge is -2.34. The van der Waals surface area contributed by atoms with Gasteiger partial charge in [0, 0.05) is 24.4 Å². The zero-order valence-electron chi connectivity index (χ0n) is 16.0. The molecule has 1 aliphatic heterocycles. The number of morpholine rings is 1. The van der Waals surface area contributed by atoms with Gasteiger partial charge in [0.2, 0.25) is 0 Å². The Labute approximate surface area is 175 Å². The number of ether oxygens (including phenoxy) is 1. The number of rotatable bonds is 5. The molecular formula is C21H22ClN3O3S. The third-order valence-corrected chi connectivity index (χ3v) is 6.42. The van der Waals surface area contributed by atoms with E-state index in [9.17, 15) is 8.42 Å². The maximum Gasteiger partial charge on any atom is 0.175 e. The van der Waals surface area contributed by atoms with Crippen molar-refractivity contribution in [2.24, 2.45) is 0 Å². The highest BCUT2D eigenvalue weighted by molar-refractivity contribution is 7.90. The lowest BCUT2D eigenvalue weighted by molar-refractivity contribution is -0.0156. The molecule has 0 aliphatic carbocycles.